The summed E-state index contributed by atoms with van der Waals surface area (Å²) in [5.74, 6) is -0.803. The minimum Gasteiger partial charge on any atom is -0.422 e. The van der Waals surface area contributed by atoms with Crippen LogP contribution in [0.4, 0.5) is 4.39 Å². The van der Waals surface area contributed by atoms with Crippen molar-refractivity contribution in [3.05, 3.63) is 63.4 Å². The molecule has 2 aromatic rings. The van der Waals surface area contributed by atoms with E-state index in [1.165, 1.54) is 18.2 Å². The Balaban J connectivity index is 2.32. The van der Waals surface area contributed by atoms with Gasteiger partial charge in [0.15, 0.2) is 0 Å². The van der Waals surface area contributed by atoms with Gasteiger partial charge in [0, 0.05) is 4.47 Å². The van der Waals surface area contributed by atoms with Crippen molar-refractivity contribution in [2.24, 2.45) is 0 Å². The van der Waals surface area contributed by atoms with Crippen LogP contribution < -0.4 is 4.74 Å². The van der Waals surface area contributed by atoms with Crippen molar-refractivity contribution in [1.82, 2.24) is 0 Å². The largest absolute Gasteiger partial charge is 0.422 e. The molecular weight excluding hydrogens is 311 g/mol. The second kappa shape index (κ2) is 5.53. The van der Waals surface area contributed by atoms with E-state index in [1.807, 2.05) is 26.0 Å². The fourth-order valence-corrected chi connectivity index (χ4v) is 2.52. The van der Waals surface area contributed by atoms with Crippen molar-refractivity contribution in [1.29, 1.82) is 0 Å². The summed E-state index contributed by atoms with van der Waals surface area (Å²) in [4.78, 5) is 12.0. The van der Waals surface area contributed by atoms with Crippen molar-refractivity contribution in [3.8, 4) is 5.75 Å². The van der Waals surface area contributed by atoms with E-state index in [2.05, 4.69) is 15.9 Å². The fourth-order valence-electron chi connectivity index (χ4n) is 1.83. The van der Waals surface area contributed by atoms with Gasteiger partial charge in [-0.15, -0.1) is 0 Å². The van der Waals surface area contributed by atoms with Crippen molar-refractivity contribution in [2.75, 3.05) is 0 Å². The van der Waals surface area contributed by atoms with Gasteiger partial charge in [0.1, 0.15) is 11.6 Å². The van der Waals surface area contributed by atoms with E-state index in [9.17, 15) is 9.18 Å². The van der Waals surface area contributed by atoms with Crippen LogP contribution in [-0.2, 0) is 0 Å². The Morgan fingerprint density at radius 2 is 1.74 bits per heavy atom. The SMILES string of the molecule is Cc1cc(Br)cc(C)c1OC(=O)c1ccccc1F. The molecule has 0 atom stereocenters. The lowest BCUT2D eigenvalue weighted by atomic mass is 10.1. The molecule has 0 spiro atoms. The average Bonchev–Trinajstić information content (AvgIpc) is 2.34. The summed E-state index contributed by atoms with van der Waals surface area (Å²) in [5.41, 5.74) is 1.57. The molecule has 0 aromatic heterocycles. The molecule has 2 nitrogen and oxygen atoms in total. The standard InChI is InChI=1S/C15H12BrFO2/c1-9-7-11(16)8-10(2)14(9)19-15(18)12-5-3-4-6-13(12)17/h3-8H,1-2H3. The number of hydrogen-bond acceptors (Lipinski definition) is 2. The van der Waals surface area contributed by atoms with Crippen LogP contribution in [-0.4, -0.2) is 5.97 Å². The topological polar surface area (TPSA) is 26.3 Å². The number of carbonyl (C=O) groups is 1. The molecule has 0 radical (unpaired) electrons. The van der Waals surface area contributed by atoms with Crippen LogP contribution in [0.2, 0.25) is 0 Å². The Kier molecular flexibility index (Phi) is 4.00. The van der Waals surface area contributed by atoms with E-state index >= 15 is 0 Å². The molecule has 0 amide bonds. The number of benzene rings is 2. The fraction of sp³-hybridized carbons (Fsp3) is 0.133. The second-order valence-electron chi connectivity index (χ2n) is 4.24. The zero-order valence-corrected chi connectivity index (χ0v) is 12.1. The molecule has 0 aliphatic heterocycles. The van der Waals surface area contributed by atoms with E-state index in [0.29, 0.717) is 5.75 Å². The van der Waals surface area contributed by atoms with Gasteiger partial charge in [-0.1, -0.05) is 28.1 Å². The van der Waals surface area contributed by atoms with Gasteiger partial charge in [0.05, 0.1) is 5.56 Å². The Labute approximate surface area is 119 Å². The number of esters is 1. The van der Waals surface area contributed by atoms with Crippen molar-refractivity contribution in [3.63, 3.8) is 0 Å². The summed E-state index contributed by atoms with van der Waals surface area (Å²) in [6.45, 7) is 3.67. The van der Waals surface area contributed by atoms with Gasteiger partial charge in [-0.2, -0.15) is 0 Å². The van der Waals surface area contributed by atoms with E-state index in [1.54, 1.807) is 6.07 Å². The van der Waals surface area contributed by atoms with Gasteiger partial charge in [-0.05, 0) is 49.2 Å². The number of hydrogen-bond donors (Lipinski definition) is 0. The first-order chi connectivity index (χ1) is 8.99. The molecule has 0 saturated carbocycles. The summed E-state index contributed by atoms with van der Waals surface area (Å²) in [6, 6.07) is 9.45. The summed E-state index contributed by atoms with van der Waals surface area (Å²) in [5, 5.41) is 0. The molecule has 19 heavy (non-hydrogen) atoms. The smallest absolute Gasteiger partial charge is 0.346 e. The molecule has 0 saturated heterocycles. The lowest BCUT2D eigenvalue weighted by molar-refractivity contribution is 0.0727. The first kappa shape index (κ1) is 13.7. The van der Waals surface area contributed by atoms with Crippen LogP contribution >= 0.6 is 15.9 Å². The number of halogens is 2. The maximum absolute atomic E-state index is 13.5. The predicted molar refractivity (Wildman–Crippen MR) is 75.0 cm³/mol. The van der Waals surface area contributed by atoms with Crippen LogP contribution in [0.3, 0.4) is 0 Å². The summed E-state index contributed by atoms with van der Waals surface area (Å²) < 4.78 is 19.7. The van der Waals surface area contributed by atoms with Gasteiger partial charge in [-0.25, -0.2) is 9.18 Å². The van der Waals surface area contributed by atoms with Crippen LogP contribution in [0.5, 0.6) is 5.75 Å². The third kappa shape index (κ3) is 3.01. The Bertz CT molecular complexity index is 615. The van der Waals surface area contributed by atoms with Crippen molar-refractivity contribution < 1.29 is 13.9 Å². The van der Waals surface area contributed by atoms with Crippen LogP contribution in [0, 0.1) is 19.7 Å². The van der Waals surface area contributed by atoms with Gasteiger partial charge >= 0.3 is 5.97 Å². The number of rotatable bonds is 2. The highest BCUT2D eigenvalue weighted by Gasteiger charge is 2.16. The lowest BCUT2D eigenvalue weighted by Crippen LogP contribution is -2.12. The maximum atomic E-state index is 13.5. The molecule has 0 aliphatic carbocycles. The highest BCUT2D eigenvalue weighted by Crippen LogP contribution is 2.28. The Morgan fingerprint density at radius 1 is 1.16 bits per heavy atom. The minimum absolute atomic E-state index is 0.0655. The summed E-state index contributed by atoms with van der Waals surface area (Å²) in [7, 11) is 0. The molecule has 4 heteroatoms. The Hall–Kier alpha value is -1.68. The molecule has 98 valence electrons. The zero-order valence-electron chi connectivity index (χ0n) is 10.5. The molecule has 0 unspecified atom stereocenters. The minimum atomic E-state index is -0.688. The maximum Gasteiger partial charge on any atom is 0.346 e. The van der Waals surface area contributed by atoms with E-state index in [-0.39, 0.29) is 5.56 Å². The third-order valence-corrected chi connectivity index (χ3v) is 3.17. The lowest BCUT2D eigenvalue weighted by Gasteiger charge is -2.11. The van der Waals surface area contributed by atoms with Gasteiger partial charge in [0.2, 0.25) is 0 Å². The van der Waals surface area contributed by atoms with Crippen molar-refractivity contribution in [2.45, 2.75) is 13.8 Å². The van der Waals surface area contributed by atoms with Crippen LogP contribution in [0.15, 0.2) is 40.9 Å². The molecular formula is C15H12BrFO2. The molecule has 0 aliphatic rings. The van der Waals surface area contributed by atoms with Crippen LogP contribution in [0.25, 0.3) is 0 Å². The zero-order chi connectivity index (χ0) is 14.0. The predicted octanol–water partition coefficient (Wildman–Crippen LogP) is 4.42. The molecule has 0 heterocycles. The van der Waals surface area contributed by atoms with Crippen LogP contribution in [0.1, 0.15) is 21.5 Å². The molecule has 0 N–H and O–H groups in total. The third-order valence-electron chi connectivity index (χ3n) is 2.71. The summed E-state index contributed by atoms with van der Waals surface area (Å²) >= 11 is 3.37. The number of carbonyl (C=O) groups excluding carboxylic acids is 1. The van der Waals surface area contributed by atoms with E-state index < -0.39 is 11.8 Å². The summed E-state index contributed by atoms with van der Waals surface area (Å²) in [6.07, 6.45) is 0. The first-order valence-electron chi connectivity index (χ1n) is 5.72. The van der Waals surface area contributed by atoms with Gasteiger partial charge in [0.25, 0.3) is 0 Å². The van der Waals surface area contributed by atoms with Gasteiger partial charge < -0.3 is 4.74 Å². The highest BCUT2D eigenvalue weighted by atomic mass is 79.9. The molecule has 0 bridgehead atoms. The highest BCUT2D eigenvalue weighted by molar-refractivity contribution is 9.10. The number of ether oxygens (including phenoxy) is 1. The van der Waals surface area contributed by atoms with E-state index in [0.717, 1.165) is 15.6 Å². The number of aryl methyl sites for hydroxylation is 2. The first-order valence-corrected chi connectivity index (χ1v) is 6.52. The quantitative estimate of drug-likeness (QED) is 0.604. The van der Waals surface area contributed by atoms with Crippen molar-refractivity contribution >= 4 is 21.9 Å². The average molecular weight is 323 g/mol. The molecule has 2 aromatic carbocycles. The molecule has 0 fully saturated rings. The van der Waals surface area contributed by atoms with Gasteiger partial charge in [-0.3, -0.25) is 0 Å². The second-order valence-corrected chi connectivity index (χ2v) is 5.15. The molecule has 2 rings (SSSR count). The Morgan fingerprint density at radius 3 is 2.32 bits per heavy atom. The monoisotopic (exact) mass is 322 g/mol. The van der Waals surface area contributed by atoms with E-state index in [4.69, 9.17) is 4.74 Å². The normalized spacial score (nSPS) is 10.3.